The Labute approximate surface area is 90.1 Å². The summed E-state index contributed by atoms with van der Waals surface area (Å²) in [6, 6.07) is 6.69. The van der Waals surface area contributed by atoms with E-state index in [1.165, 1.54) is 17.7 Å². The van der Waals surface area contributed by atoms with E-state index in [1.54, 1.807) is 0 Å². The molecule has 0 aliphatic rings. The summed E-state index contributed by atoms with van der Waals surface area (Å²) >= 11 is 6.00. The third kappa shape index (κ3) is 4.10. The van der Waals surface area contributed by atoms with Gasteiger partial charge in [0.1, 0.15) is 5.82 Å². The molecule has 2 heteroatoms. The Morgan fingerprint density at radius 2 is 1.93 bits per heavy atom. The summed E-state index contributed by atoms with van der Waals surface area (Å²) in [5.41, 5.74) is 1.19. The van der Waals surface area contributed by atoms with Crippen LogP contribution in [0.25, 0.3) is 0 Å². The molecule has 0 heterocycles. The van der Waals surface area contributed by atoms with Crippen molar-refractivity contribution >= 4 is 11.6 Å². The first-order valence-corrected chi connectivity index (χ1v) is 5.54. The molecule has 0 saturated heterocycles. The minimum atomic E-state index is -0.169. The van der Waals surface area contributed by atoms with Crippen LogP contribution in [0.1, 0.15) is 31.7 Å². The topological polar surface area (TPSA) is 0 Å². The molecule has 0 aliphatic carbocycles. The molecule has 0 aromatic heterocycles. The Bertz CT molecular complexity index is 256. The fraction of sp³-hybridized carbons (Fsp3) is 0.500. The minimum absolute atomic E-state index is 0.169. The molecule has 1 unspecified atom stereocenters. The van der Waals surface area contributed by atoms with Crippen molar-refractivity contribution in [3.63, 3.8) is 0 Å². The van der Waals surface area contributed by atoms with Crippen molar-refractivity contribution in [2.24, 2.45) is 0 Å². The highest BCUT2D eigenvalue weighted by molar-refractivity contribution is 6.20. The number of alkyl halides is 1. The van der Waals surface area contributed by atoms with Gasteiger partial charge in [0.25, 0.3) is 0 Å². The average molecular weight is 215 g/mol. The minimum Gasteiger partial charge on any atom is -0.207 e. The number of hydrogen-bond acceptors (Lipinski definition) is 0. The third-order valence-corrected chi connectivity index (χ3v) is 2.87. The van der Waals surface area contributed by atoms with E-state index in [9.17, 15) is 4.39 Å². The highest BCUT2D eigenvalue weighted by Gasteiger charge is 2.01. The smallest absolute Gasteiger partial charge is 0.123 e. The monoisotopic (exact) mass is 214 g/mol. The molecule has 1 rings (SSSR count). The van der Waals surface area contributed by atoms with E-state index in [4.69, 9.17) is 11.6 Å². The van der Waals surface area contributed by atoms with E-state index < -0.39 is 0 Å². The van der Waals surface area contributed by atoms with Gasteiger partial charge in [-0.25, -0.2) is 4.39 Å². The molecule has 0 aliphatic heterocycles. The third-order valence-electron chi connectivity index (χ3n) is 2.34. The molecule has 1 aromatic carbocycles. The highest BCUT2D eigenvalue weighted by atomic mass is 35.5. The van der Waals surface area contributed by atoms with Gasteiger partial charge in [-0.05, 0) is 43.4 Å². The quantitative estimate of drug-likeness (QED) is 0.646. The van der Waals surface area contributed by atoms with Crippen LogP contribution < -0.4 is 0 Å². The summed E-state index contributed by atoms with van der Waals surface area (Å²) in [7, 11) is 0. The first-order valence-electron chi connectivity index (χ1n) is 5.11. The van der Waals surface area contributed by atoms with Crippen molar-refractivity contribution in [2.45, 2.75) is 38.0 Å². The van der Waals surface area contributed by atoms with Gasteiger partial charge in [0.05, 0.1) is 0 Å². The lowest BCUT2D eigenvalue weighted by atomic mass is 10.1. The van der Waals surface area contributed by atoms with Gasteiger partial charge in [-0.3, -0.25) is 0 Å². The van der Waals surface area contributed by atoms with Crippen LogP contribution in [0.3, 0.4) is 0 Å². The summed E-state index contributed by atoms with van der Waals surface area (Å²) in [6.07, 6.45) is 4.12. The molecule has 0 saturated carbocycles. The number of hydrogen-bond donors (Lipinski definition) is 0. The lowest BCUT2D eigenvalue weighted by Gasteiger charge is -2.05. The van der Waals surface area contributed by atoms with Crippen molar-refractivity contribution in [3.8, 4) is 0 Å². The van der Waals surface area contributed by atoms with Crippen LogP contribution in [-0.4, -0.2) is 5.38 Å². The van der Waals surface area contributed by atoms with Crippen LogP contribution in [0.4, 0.5) is 4.39 Å². The maximum atomic E-state index is 12.6. The van der Waals surface area contributed by atoms with Crippen LogP contribution >= 0.6 is 11.6 Å². The first kappa shape index (κ1) is 11.5. The van der Waals surface area contributed by atoms with E-state index >= 15 is 0 Å². The van der Waals surface area contributed by atoms with Gasteiger partial charge in [-0.1, -0.05) is 19.1 Å². The zero-order valence-electron chi connectivity index (χ0n) is 8.47. The van der Waals surface area contributed by atoms with Gasteiger partial charge in [0.15, 0.2) is 0 Å². The lowest BCUT2D eigenvalue weighted by molar-refractivity contribution is 0.625. The Morgan fingerprint density at radius 3 is 2.50 bits per heavy atom. The van der Waals surface area contributed by atoms with Crippen molar-refractivity contribution in [1.29, 1.82) is 0 Å². The van der Waals surface area contributed by atoms with Gasteiger partial charge in [0, 0.05) is 5.38 Å². The summed E-state index contributed by atoms with van der Waals surface area (Å²) in [4.78, 5) is 0. The number of benzene rings is 1. The lowest BCUT2D eigenvalue weighted by Crippen LogP contribution is -1.97. The number of aryl methyl sites for hydroxylation is 1. The van der Waals surface area contributed by atoms with Crippen LogP contribution in [0, 0.1) is 5.82 Å². The summed E-state index contributed by atoms with van der Waals surface area (Å²) in [5.74, 6) is -0.169. The Hall–Kier alpha value is -0.560. The molecule has 78 valence electrons. The summed E-state index contributed by atoms with van der Waals surface area (Å²) < 4.78 is 12.6. The molecule has 0 nitrogen and oxygen atoms in total. The van der Waals surface area contributed by atoms with Crippen molar-refractivity contribution < 1.29 is 4.39 Å². The van der Waals surface area contributed by atoms with Crippen LogP contribution in [0.5, 0.6) is 0 Å². The molecule has 0 N–H and O–H groups in total. The van der Waals surface area contributed by atoms with E-state index in [0.717, 1.165) is 25.7 Å². The van der Waals surface area contributed by atoms with Gasteiger partial charge in [-0.2, -0.15) is 0 Å². The standard InChI is InChI=1S/C12H16ClF/c1-2-11(13)5-3-4-10-6-8-12(14)9-7-10/h6-9,11H,2-5H2,1H3. The maximum Gasteiger partial charge on any atom is 0.123 e. The second-order valence-corrected chi connectivity index (χ2v) is 4.14. The van der Waals surface area contributed by atoms with Crippen LogP contribution in [0.2, 0.25) is 0 Å². The Balaban J connectivity index is 2.28. The number of halogens is 2. The Morgan fingerprint density at radius 1 is 1.29 bits per heavy atom. The van der Waals surface area contributed by atoms with Crippen LogP contribution in [0.15, 0.2) is 24.3 Å². The second kappa shape index (κ2) is 6.02. The molecule has 1 atom stereocenters. The van der Waals surface area contributed by atoms with Gasteiger partial charge in [-0.15, -0.1) is 11.6 Å². The largest absolute Gasteiger partial charge is 0.207 e. The van der Waals surface area contributed by atoms with E-state index in [0.29, 0.717) is 0 Å². The summed E-state index contributed by atoms with van der Waals surface area (Å²) in [6.45, 7) is 2.09. The SMILES string of the molecule is CCC(Cl)CCCc1ccc(F)cc1. The maximum absolute atomic E-state index is 12.6. The van der Waals surface area contributed by atoms with Crippen LogP contribution in [-0.2, 0) is 6.42 Å². The van der Waals surface area contributed by atoms with Crippen molar-refractivity contribution in [1.82, 2.24) is 0 Å². The molecule has 0 fully saturated rings. The van der Waals surface area contributed by atoms with Gasteiger partial charge in [0.2, 0.25) is 0 Å². The predicted molar refractivity (Wildman–Crippen MR) is 59.3 cm³/mol. The number of rotatable bonds is 5. The highest BCUT2D eigenvalue weighted by Crippen LogP contribution is 2.12. The molecule has 14 heavy (non-hydrogen) atoms. The fourth-order valence-electron chi connectivity index (χ4n) is 1.38. The van der Waals surface area contributed by atoms with Crippen molar-refractivity contribution in [3.05, 3.63) is 35.6 Å². The van der Waals surface area contributed by atoms with Gasteiger partial charge >= 0.3 is 0 Å². The predicted octanol–water partition coefficient (Wildman–Crippen LogP) is 4.17. The van der Waals surface area contributed by atoms with E-state index in [2.05, 4.69) is 6.92 Å². The molecule has 0 spiro atoms. The zero-order chi connectivity index (χ0) is 10.4. The first-order chi connectivity index (χ1) is 6.72. The molecule has 0 radical (unpaired) electrons. The normalized spacial score (nSPS) is 12.8. The molecular formula is C12H16ClF. The molecule has 0 amide bonds. The zero-order valence-corrected chi connectivity index (χ0v) is 9.23. The van der Waals surface area contributed by atoms with Gasteiger partial charge < -0.3 is 0 Å². The molecule has 1 aromatic rings. The van der Waals surface area contributed by atoms with E-state index in [1.807, 2.05) is 12.1 Å². The average Bonchev–Trinajstić information content (AvgIpc) is 2.21. The van der Waals surface area contributed by atoms with Crippen molar-refractivity contribution in [2.75, 3.05) is 0 Å². The van der Waals surface area contributed by atoms with E-state index in [-0.39, 0.29) is 11.2 Å². The second-order valence-electron chi connectivity index (χ2n) is 3.52. The fourth-order valence-corrected chi connectivity index (χ4v) is 1.54. The Kier molecular flexibility index (Phi) is 4.95. The molecule has 0 bridgehead atoms. The molecular weight excluding hydrogens is 199 g/mol. The summed E-state index contributed by atoms with van der Waals surface area (Å²) in [5, 5.41) is 0.287.